The van der Waals surface area contributed by atoms with Crippen LogP contribution >= 0.6 is 12.6 Å². The van der Waals surface area contributed by atoms with E-state index in [0.717, 1.165) is 0 Å². The third kappa shape index (κ3) is 1.97. The van der Waals surface area contributed by atoms with Crippen molar-refractivity contribution in [3.05, 3.63) is 0 Å². The summed E-state index contributed by atoms with van der Waals surface area (Å²) in [6.07, 6.45) is -0.0559. The minimum Gasteiger partial charge on any atom is -0.469 e. The number of esters is 1. The average Bonchev–Trinajstić information content (AvgIpc) is 2.36. The van der Waals surface area contributed by atoms with Gasteiger partial charge in [-0.05, 0) is 10.4 Å². The molecule has 6 nitrogen and oxygen atoms in total. The van der Waals surface area contributed by atoms with Crippen molar-refractivity contribution in [2.75, 3.05) is 7.11 Å². The molecule has 0 saturated heterocycles. The van der Waals surface area contributed by atoms with Gasteiger partial charge in [0.2, 0.25) is 4.99 Å². The Morgan fingerprint density at radius 2 is 2.09 bits per heavy atom. The van der Waals surface area contributed by atoms with Crippen molar-refractivity contribution in [1.29, 1.82) is 0 Å². The summed E-state index contributed by atoms with van der Waals surface area (Å²) in [6, 6.07) is 0. The van der Waals surface area contributed by atoms with Gasteiger partial charge in [0.05, 0.1) is 7.11 Å². The van der Waals surface area contributed by atoms with E-state index in [4.69, 9.17) is 0 Å². The number of hydrogen-bond donors (Lipinski definition) is 1. The molecular weight excluding hydrogens is 168 g/mol. The van der Waals surface area contributed by atoms with Gasteiger partial charge in [0.1, 0.15) is 6.42 Å². The summed E-state index contributed by atoms with van der Waals surface area (Å²) in [4.78, 5) is 9.55. The maximum atomic E-state index is 10.7. The molecule has 0 N–H and O–H groups in total. The molecule has 0 spiro atoms. The summed E-state index contributed by atoms with van der Waals surface area (Å²) < 4.78 is 4.39. The highest BCUT2D eigenvalue weighted by molar-refractivity contribution is 7.81. The molecule has 0 saturated carbocycles. The third-order valence-corrected chi connectivity index (χ3v) is 1.40. The normalized spacial score (nSPS) is 18.7. The van der Waals surface area contributed by atoms with Crippen molar-refractivity contribution >= 4 is 18.6 Å². The number of ether oxygens (including phenoxy) is 1. The summed E-state index contributed by atoms with van der Waals surface area (Å²) in [7, 11) is 1.28. The topological polar surface area (TPSA) is 75.7 Å². The molecule has 1 heterocycles. The van der Waals surface area contributed by atoms with Crippen LogP contribution in [0.3, 0.4) is 0 Å². The van der Waals surface area contributed by atoms with Gasteiger partial charge in [0.15, 0.2) is 0 Å². The van der Waals surface area contributed by atoms with Gasteiger partial charge in [0, 0.05) is 0 Å². The predicted octanol–water partition coefficient (Wildman–Crippen LogP) is 0.966. The Kier molecular flexibility index (Phi) is 2.18. The second-order valence-electron chi connectivity index (χ2n) is 1.91. The summed E-state index contributed by atoms with van der Waals surface area (Å²) in [5, 5.41) is 13.5. The van der Waals surface area contributed by atoms with E-state index in [1.165, 1.54) is 7.11 Å². The first kappa shape index (κ1) is 8.12. The summed E-state index contributed by atoms with van der Waals surface area (Å²) in [5.74, 6) is -0.445. The number of hydrogen-bond acceptors (Lipinski definition) is 7. The second kappa shape index (κ2) is 2.95. The molecule has 0 bridgehead atoms. The number of carbonyl (C=O) groups is 1. The van der Waals surface area contributed by atoms with E-state index in [-0.39, 0.29) is 6.42 Å². The lowest BCUT2D eigenvalue weighted by Gasteiger charge is -2.09. The molecule has 0 amide bonds. The maximum Gasteiger partial charge on any atom is 0.311 e. The van der Waals surface area contributed by atoms with Crippen molar-refractivity contribution in [3.8, 4) is 0 Å². The van der Waals surface area contributed by atoms with Crippen molar-refractivity contribution in [2.24, 2.45) is 20.7 Å². The van der Waals surface area contributed by atoms with E-state index < -0.39 is 11.0 Å². The van der Waals surface area contributed by atoms with Crippen molar-refractivity contribution in [3.63, 3.8) is 0 Å². The highest BCUT2D eigenvalue weighted by Gasteiger charge is 2.31. The van der Waals surface area contributed by atoms with Gasteiger partial charge < -0.3 is 4.74 Å². The average molecular weight is 174 g/mol. The molecule has 0 radical (unpaired) electrons. The molecule has 60 valence electrons. The first-order valence-electron chi connectivity index (χ1n) is 2.79. The van der Waals surface area contributed by atoms with E-state index >= 15 is 0 Å². The zero-order chi connectivity index (χ0) is 8.32. The monoisotopic (exact) mass is 174 g/mol. The van der Waals surface area contributed by atoms with E-state index in [0.29, 0.717) is 0 Å². The first-order chi connectivity index (χ1) is 5.16. The highest BCUT2D eigenvalue weighted by Crippen LogP contribution is 2.28. The molecule has 0 aromatic heterocycles. The lowest BCUT2D eigenvalue weighted by molar-refractivity contribution is -0.141. The van der Waals surface area contributed by atoms with E-state index in [1.54, 1.807) is 0 Å². The Morgan fingerprint density at radius 1 is 1.55 bits per heavy atom. The fourth-order valence-electron chi connectivity index (χ4n) is 0.540. The minimum absolute atomic E-state index is 0.0559. The van der Waals surface area contributed by atoms with Crippen LogP contribution in [0.15, 0.2) is 20.7 Å². The van der Waals surface area contributed by atoms with Gasteiger partial charge in [-0.2, -0.15) is 0 Å². The van der Waals surface area contributed by atoms with Crippen LogP contribution in [0.25, 0.3) is 0 Å². The standard InChI is InChI=1S/C4H6N4O2S/c1-10-3(9)2-4(11)5-7-8-6-4/h11H,2H2,1H3. The van der Waals surface area contributed by atoms with Gasteiger partial charge in [0.25, 0.3) is 0 Å². The van der Waals surface area contributed by atoms with Crippen LogP contribution in [0.4, 0.5) is 0 Å². The van der Waals surface area contributed by atoms with Crippen molar-refractivity contribution < 1.29 is 9.53 Å². The molecule has 1 aliphatic rings. The molecule has 1 aliphatic heterocycles. The number of nitrogens with zero attached hydrogens (tertiary/aromatic N) is 4. The molecule has 0 atom stereocenters. The van der Waals surface area contributed by atoms with Crippen molar-refractivity contribution in [2.45, 2.75) is 11.4 Å². The number of methoxy groups -OCH3 is 1. The van der Waals surface area contributed by atoms with Crippen LogP contribution in [0.5, 0.6) is 0 Å². The number of rotatable bonds is 2. The Hall–Kier alpha value is -0.980. The fraction of sp³-hybridized carbons (Fsp3) is 0.750. The largest absolute Gasteiger partial charge is 0.469 e. The first-order valence-corrected chi connectivity index (χ1v) is 3.24. The molecule has 7 heteroatoms. The summed E-state index contributed by atoms with van der Waals surface area (Å²) in [5.41, 5.74) is 0. The predicted molar refractivity (Wildman–Crippen MR) is 38.1 cm³/mol. The van der Waals surface area contributed by atoms with E-state index in [2.05, 4.69) is 38.0 Å². The van der Waals surface area contributed by atoms with Crippen molar-refractivity contribution in [1.82, 2.24) is 0 Å². The lowest BCUT2D eigenvalue weighted by atomic mass is 10.3. The number of carbonyl (C=O) groups excluding carboxylic acids is 1. The molecular formula is C4H6N4O2S. The van der Waals surface area contributed by atoms with Crippen LogP contribution in [-0.2, 0) is 9.53 Å². The molecule has 0 aromatic carbocycles. The zero-order valence-corrected chi connectivity index (χ0v) is 6.65. The van der Waals surface area contributed by atoms with Crippen LogP contribution in [-0.4, -0.2) is 18.1 Å². The molecule has 0 aromatic rings. The minimum atomic E-state index is -1.15. The third-order valence-electron chi connectivity index (χ3n) is 1.06. The summed E-state index contributed by atoms with van der Waals surface area (Å²) >= 11 is 3.95. The molecule has 1 rings (SSSR count). The lowest BCUT2D eigenvalue weighted by Crippen LogP contribution is -2.19. The van der Waals surface area contributed by atoms with Gasteiger partial charge in [-0.15, -0.1) is 22.9 Å². The Labute approximate surface area is 68.1 Å². The van der Waals surface area contributed by atoms with E-state index in [9.17, 15) is 4.79 Å². The fourth-order valence-corrected chi connectivity index (χ4v) is 0.749. The van der Waals surface area contributed by atoms with Crippen LogP contribution in [0.1, 0.15) is 6.42 Å². The number of thiol groups is 1. The SMILES string of the molecule is COC(=O)CC1(S)N=NN=N1. The quantitative estimate of drug-likeness (QED) is 0.500. The molecule has 0 aliphatic carbocycles. The Morgan fingerprint density at radius 3 is 2.55 bits per heavy atom. The van der Waals surface area contributed by atoms with Crippen LogP contribution in [0.2, 0.25) is 0 Å². The van der Waals surface area contributed by atoms with Gasteiger partial charge >= 0.3 is 5.97 Å². The highest BCUT2D eigenvalue weighted by atomic mass is 32.1. The maximum absolute atomic E-state index is 10.7. The smallest absolute Gasteiger partial charge is 0.311 e. The Bertz CT molecular complexity index is 214. The summed E-state index contributed by atoms with van der Waals surface area (Å²) in [6.45, 7) is 0. The molecule has 0 unspecified atom stereocenters. The second-order valence-corrected chi connectivity index (χ2v) is 2.62. The van der Waals surface area contributed by atoms with Gasteiger partial charge in [-0.1, -0.05) is 0 Å². The van der Waals surface area contributed by atoms with Gasteiger partial charge in [-0.25, -0.2) is 0 Å². The van der Waals surface area contributed by atoms with Crippen LogP contribution < -0.4 is 0 Å². The van der Waals surface area contributed by atoms with E-state index in [1.807, 2.05) is 0 Å². The zero-order valence-electron chi connectivity index (χ0n) is 5.76. The molecule has 0 fully saturated rings. The van der Waals surface area contributed by atoms with Gasteiger partial charge in [-0.3, -0.25) is 4.79 Å². The van der Waals surface area contributed by atoms with Crippen LogP contribution in [0, 0.1) is 0 Å². The Balaban J connectivity index is 2.54. The molecule has 11 heavy (non-hydrogen) atoms.